The number of aromatic hydroxyl groups is 2. The number of nitrogens with one attached hydrogen (secondary N) is 1. The van der Waals surface area contributed by atoms with Crippen molar-refractivity contribution < 1.29 is 14.9 Å². The average molecular weight is 241 g/mol. The van der Waals surface area contributed by atoms with Crippen LogP contribution in [0.15, 0.2) is 48.7 Å². The predicted octanol–water partition coefficient (Wildman–Crippen LogP) is 3.37. The van der Waals surface area contributed by atoms with Crippen molar-refractivity contribution in [1.29, 1.82) is 0 Å². The third-order valence-electron chi connectivity index (χ3n) is 2.71. The lowest BCUT2D eigenvalue weighted by molar-refractivity contribution is 0.413. The molecule has 0 saturated carbocycles. The Labute approximate surface area is 103 Å². The van der Waals surface area contributed by atoms with E-state index in [1.165, 1.54) is 0 Å². The SMILES string of the molecule is Oc1ccc2[nH]cc(Oc3ccccc3O)c2c1. The van der Waals surface area contributed by atoms with Gasteiger partial charge in [0.15, 0.2) is 17.2 Å². The molecule has 1 aromatic heterocycles. The van der Waals surface area contributed by atoms with Crippen molar-refractivity contribution in [3.05, 3.63) is 48.7 Å². The molecule has 18 heavy (non-hydrogen) atoms. The molecule has 1 heterocycles. The van der Waals surface area contributed by atoms with Gasteiger partial charge in [0.1, 0.15) is 5.75 Å². The number of fused-ring (bicyclic) bond motifs is 1. The van der Waals surface area contributed by atoms with E-state index in [1.807, 2.05) is 0 Å². The molecular formula is C14H11NO3. The fourth-order valence-corrected chi connectivity index (χ4v) is 1.83. The van der Waals surface area contributed by atoms with E-state index >= 15 is 0 Å². The highest BCUT2D eigenvalue weighted by atomic mass is 16.5. The molecule has 3 aromatic rings. The maximum atomic E-state index is 9.65. The van der Waals surface area contributed by atoms with E-state index in [0.29, 0.717) is 11.5 Å². The molecule has 3 rings (SSSR count). The number of aromatic amines is 1. The van der Waals surface area contributed by atoms with Crippen molar-refractivity contribution in [2.24, 2.45) is 0 Å². The van der Waals surface area contributed by atoms with Crippen LogP contribution in [0.25, 0.3) is 10.9 Å². The second kappa shape index (κ2) is 4.00. The summed E-state index contributed by atoms with van der Waals surface area (Å²) in [6.45, 7) is 0. The molecule has 4 heteroatoms. The number of H-pyrrole nitrogens is 1. The normalized spacial score (nSPS) is 10.7. The van der Waals surface area contributed by atoms with Crippen molar-refractivity contribution in [2.75, 3.05) is 0 Å². The molecule has 0 aliphatic rings. The fourth-order valence-electron chi connectivity index (χ4n) is 1.83. The molecule has 0 radical (unpaired) electrons. The largest absolute Gasteiger partial charge is 0.508 e. The summed E-state index contributed by atoms with van der Waals surface area (Å²) in [5, 5.41) is 19.9. The van der Waals surface area contributed by atoms with Gasteiger partial charge >= 0.3 is 0 Å². The van der Waals surface area contributed by atoms with Gasteiger partial charge in [-0.15, -0.1) is 0 Å². The molecule has 3 N–H and O–H groups in total. The zero-order chi connectivity index (χ0) is 12.5. The molecule has 0 aliphatic heterocycles. The van der Waals surface area contributed by atoms with Gasteiger partial charge in [-0.25, -0.2) is 0 Å². The van der Waals surface area contributed by atoms with Crippen LogP contribution in [0.1, 0.15) is 0 Å². The number of aromatic nitrogens is 1. The second-order valence-electron chi connectivity index (χ2n) is 3.95. The standard InChI is InChI=1S/C14H11NO3/c16-9-5-6-11-10(7-9)14(8-15-11)18-13-4-2-1-3-12(13)17/h1-8,15-17H. The Kier molecular flexibility index (Phi) is 2.34. The summed E-state index contributed by atoms with van der Waals surface area (Å²) in [4.78, 5) is 3.04. The minimum Gasteiger partial charge on any atom is -0.508 e. The van der Waals surface area contributed by atoms with Crippen LogP contribution >= 0.6 is 0 Å². The van der Waals surface area contributed by atoms with Gasteiger partial charge in [-0.1, -0.05) is 12.1 Å². The summed E-state index contributed by atoms with van der Waals surface area (Å²) < 4.78 is 5.63. The van der Waals surface area contributed by atoms with Gasteiger partial charge < -0.3 is 19.9 Å². The number of para-hydroxylation sites is 2. The number of rotatable bonds is 2. The third-order valence-corrected chi connectivity index (χ3v) is 2.71. The summed E-state index contributed by atoms with van der Waals surface area (Å²) in [6, 6.07) is 11.7. The highest BCUT2D eigenvalue weighted by Crippen LogP contribution is 2.35. The highest BCUT2D eigenvalue weighted by molar-refractivity contribution is 5.87. The summed E-state index contributed by atoms with van der Waals surface area (Å²) >= 11 is 0. The molecule has 0 fully saturated rings. The number of benzene rings is 2. The Morgan fingerprint density at radius 1 is 0.944 bits per heavy atom. The maximum absolute atomic E-state index is 9.65. The van der Waals surface area contributed by atoms with Crippen LogP contribution in [0.4, 0.5) is 0 Å². The van der Waals surface area contributed by atoms with E-state index in [4.69, 9.17) is 4.74 Å². The first kappa shape index (κ1) is 10.5. The number of ether oxygens (including phenoxy) is 1. The maximum Gasteiger partial charge on any atom is 0.169 e. The van der Waals surface area contributed by atoms with E-state index < -0.39 is 0 Å². The molecule has 90 valence electrons. The number of hydrogen-bond donors (Lipinski definition) is 3. The van der Waals surface area contributed by atoms with Crippen molar-refractivity contribution in [3.63, 3.8) is 0 Å². The van der Waals surface area contributed by atoms with Gasteiger partial charge in [0.2, 0.25) is 0 Å². The van der Waals surface area contributed by atoms with Crippen LogP contribution in [-0.2, 0) is 0 Å². The van der Waals surface area contributed by atoms with Crippen LogP contribution in [-0.4, -0.2) is 15.2 Å². The van der Waals surface area contributed by atoms with Crippen molar-refractivity contribution in [2.45, 2.75) is 0 Å². The van der Waals surface area contributed by atoms with E-state index in [0.717, 1.165) is 10.9 Å². The Balaban J connectivity index is 2.05. The lowest BCUT2D eigenvalue weighted by Crippen LogP contribution is -1.82. The molecule has 2 aromatic carbocycles. The first-order chi connectivity index (χ1) is 8.74. The summed E-state index contributed by atoms with van der Waals surface area (Å²) in [7, 11) is 0. The molecule has 0 atom stereocenters. The highest BCUT2D eigenvalue weighted by Gasteiger charge is 2.08. The van der Waals surface area contributed by atoms with Gasteiger partial charge in [-0.2, -0.15) is 0 Å². The third kappa shape index (κ3) is 1.73. The van der Waals surface area contributed by atoms with E-state index in [-0.39, 0.29) is 11.5 Å². The minimum absolute atomic E-state index is 0.0759. The van der Waals surface area contributed by atoms with Crippen molar-refractivity contribution in [3.8, 4) is 23.0 Å². The Hall–Kier alpha value is -2.62. The summed E-state index contributed by atoms with van der Waals surface area (Å²) in [6.07, 6.45) is 1.69. The van der Waals surface area contributed by atoms with Crippen LogP contribution in [0.5, 0.6) is 23.0 Å². The molecule has 0 saturated heterocycles. The zero-order valence-electron chi connectivity index (χ0n) is 9.42. The van der Waals surface area contributed by atoms with Gasteiger partial charge in [-0.05, 0) is 30.3 Å². The fraction of sp³-hybridized carbons (Fsp3) is 0. The summed E-state index contributed by atoms with van der Waals surface area (Å²) in [5.41, 5.74) is 0.859. The first-order valence-corrected chi connectivity index (χ1v) is 5.50. The Morgan fingerprint density at radius 3 is 2.61 bits per heavy atom. The molecule has 0 unspecified atom stereocenters. The Morgan fingerprint density at radius 2 is 1.78 bits per heavy atom. The van der Waals surface area contributed by atoms with Crippen LogP contribution in [0.3, 0.4) is 0 Å². The van der Waals surface area contributed by atoms with E-state index in [9.17, 15) is 10.2 Å². The zero-order valence-corrected chi connectivity index (χ0v) is 9.42. The topological polar surface area (TPSA) is 65.5 Å². The number of phenolic OH excluding ortho intramolecular Hbond substituents is 2. The number of phenols is 2. The molecule has 0 spiro atoms. The lowest BCUT2D eigenvalue weighted by atomic mass is 10.2. The van der Waals surface area contributed by atoms with Gasteiger partial charge in [0, 0.05) is 17.1 Å². The minimum atomic E-state index is 0.0759. The van der Waals surface area contributed by atoms with Crippen LogP contribution in [0, 0.1) is 0 Å². The Bertz CT molecular complexity index is 703. The smallest absolute Gasteiger partial charge is 0.169 e. The molecule has 0 aliphatic carbocycles. The molecular weight excluding hydrogens is 230 g/mol. The average Bonchev–Trinajstić information content (AvgIpc) is 2.75. The van der Waals surface area contributed by atoms with Gasteiger partial charge in [0.25, 0.3) is 0 Å². The lowest BCUT2D eigenvalue weighted by Gasteiger charge is -2.05. The quantitative estimate of drug-likeness (QED) is 0.644. The van der Waals surface area contributed by atoms with E-state index in [2.05, 4.69) is 4.98 Å². The monoisotopic (exact) mass is 241 g/mol. The van der Waals surface area contributed by atoms with E-state index in [1.54, 1.807) is 48.7 Å². The molecule has 0 bridgehead atoms. The molecule has 0 amide bonds. The summed E-state index contributed by atoms with van der Waals surface area (Å²) in [5.74, 6) is 1.18. The van der Waals surface area contributed by atoms with Crippen LogP contribution < -0.4 is 4.74 Å². The van der Waals surface area contributed by atoms with Crippen molar-refractivity contribution in [1.82, 2.24) is 4.98 Å². The number of hydrogen-bond acceptors (Lipinski definition) is 3. The van der Waals surface area contributed by atoms with Crippen molar-refractivity contribution >= 4 is 10.9 Å². The second-order valence-corrected chi connectivity index (χ2v) is 3.95. The first-order valence-electron chi connectivity index (χ1n) is 5.50. The predicted molar refractivity (Wildman–Crippen MR) is 68.1 cm³/mol. The molecule has 4 nitrogen and oxygen atoms in total. The van der Waals surface area contributed by atoms with Gasteiger partial charge in [0.05, 0.1) is 0 Å². The van der Waals surface area contributed by atoms with Gasteiger partial charge in [-0.3, -0.25) is 0 Å². The van der Waals surface area contributed by atoms with Crippen LogP contribution in [0.2, 0.25) is 0 Å².